The van der Waals surface area contributed by atoms with E-state index in [1.165, 1.54) is 7.05 Å². The fraction of sp³-hybridized carbons (Fsp3) is 0.714. The monoisotopic (exact) mass is 172 g/mol. The summed E-state index contributed by atoms with van der Waals surface area (Å²) in [5, 5.41) is 0. The molecule has 0 radical (unpaired) electrons. The maximum atomic E-state index is 11.3. The summed E-state index contributed by atoms with van der Waals surface area (Å²) in [6, 6.07) is 0. The average molecular weight is 172 g/mol. The summed E-state index contributed by atoms with van der Waals surface area (Å²) >= 11 is 0. The first-order valence-corrected chi connectivity index (χ1v) is 3.64. The van der Waals surface area contributed by atoms with Crippen molar-refractivity contribution in [2.45, 2.75) is 26.3 Å². The van der Waals surface area contributed by atoms with Gasteiger partial charge in [-0.25, -0.2) is 14.2 Å². The van der Waals surface area contributed by atoms with Crippen molar-refractivity contribution in [2.75, 3.05) is 0 Å². The third-order valence-electron chi connectivity index (χ3n) is 1.51. The molecule has 0 amide bonds. The van der Waals surface area contributed by atoms with E-state index < -0.39 is 17.0 Å². The number of hydrogen-bond donors (Lipinski definition) is 0. The highest BCUT2D eigenvalue weighted by molar-refractivity contribution is 4.72. The van der Waals surface area contributed by atoms with Crippen molar-refractivity contribution in [3.05, 3.63) is 21.0 Å². The topological polar surface area (TPSA) is 57.1 Å². The van der Waals surface area contributed by atoms with Crippen LogP contribution >= 0.6 is 0 Å². The zero-order valence-corrected chi connectivity index (χ0v) is 7.62. The molecule has 5 heteroatoms. The zero-order chi connectivity index (χ0) is 9.52. The van der Waals surface area contributed by atoms with Crippen molar-refractivity contribution in [2.24, 2.45) is 7.05 Å². The lowest BCUT2D eigenvalue weighted by Gasteiger charge is -2.15. The van der Waals surface area contributed by atoms with Gasteiger partial charge in [-0.2, -0.15) is 0 Å². The van der Waals surface area contributed by atoms with E-state index >= 15 is 0 Å². The van der Waals surface area contributed by atoms with Crippen LogP contribution in [-0.4, -0.2) is 9.31 Å². The molecule has 0 fully saturated rings. The lowest BCUT2D eigenvalue weighted by molar-refractivity contribution is 0.147. The Morgan fingerprint density at radius 3 is 1.92 bits per heavy atom. The van der Waals surface area contributed by atoms with E-state index in [1.54, 1.807) is 20.8 Å². The minimum Gasteiger partial charge on any atom is -0.316 e. The number of hydrogen-bond acceptors (Lipinski definition) is 3. The van der Waals surface area contributed by atoms with Gasteiger partial charge in [-0.15, -0.1) is 4.74 Å². The van der Waals surface area contributed by atoms with E-state index in [2.05, 4.69) is 0 Å². The average Bonchev–Trinajstić information content (AvgIpc) is 2.15. The third kappa shape index (κ3) is 1.22. The summed E-state index contributed by atoms with van der Waals surface area (Å²) in [5.74, 6) is -0.630. The van der Waals surface area contributed by atoms with Gasteiger partial charge in [0.25, 0.3) is 0 Å². The molecular formula is C7H12N2O3. The summed E-state index contributed by atoms with van der Waals surface area (Å²) in [4.78, 5) is 22.2. The maximum Gasteiger partial charge on any atom is 0.442 e. The van der Waals surface area contributed by atoms with Crippen LogP contribution in [0.2, 0.25) is 0 Å². The van der Waals surface area contributed by atoms with Gasteiger partial charge in [-0.05, 0) is 20.8 Å². The first-order chi connectivity index (χ1) is 5.34. The SMILES string of the molecule is Cn1c(=O)on(C(C)(C)C)c1=O. The fourth-order valence-electron chi connectivity index (χ4n) is 0.817. The Balaban J connectivity index is 3.49. The van der Waals surface area contributed by atoms with Gasteiger partial charge in [0.1, 0.15) is 0 Å². The third-order valence-corrected chi connectivity index (χ3v) is 1.51. The minimum absolute atomic E-state index is 0.424. The van der Waals surface area contributed by atoms with Crippen LogP contribution in [-0.2, 0) is 12.6 Å². The molecule has 12 heavy (non-hydrogen) atoms. The number of aromatic nitrogens is 2. The lowest BCUT2D eigenvalue weighted by Crippen LogP contribution is -2.34. The molecule has 0 atom stereocenters. The molecule has 68 valence electrons. The van der Waals surface area contributed by atoms with Gasteiger partial charge >= 0.3 is 11.4 Å². The molecule has 5 nitrogen and oxygen atoms in total. The molecule has 0 saturated heterocycles. The molecule has 1 rings (SSSR count). The van der Waals surface area contributed by atoms with Crippen molar-refractivity contribution in [1.29, 1.82) is 0 Å². The van der Waals surface area contributed by atoms with E-state index in [-0.39, 0.29) is 0 Å². The Labute approximate surface area is 69.2 Å². The smallest absolute Gasteiger partial charge is 0.316 e. The van der Waals surface area contributed by atoms with Gasteiger partial charge in [0, 0.05) is 7.05 Å². The predicted octanol–water partition coefficient (Wildman–Crippen LogP) is -0.105. The molecule has 0 unspecified atom stereocenters. The Hall–Kier alpha value is -1.26. The lowest BCUT2D eigenvalue weighted by atomic mass is 10.1. The van der Waals surface area contributed by atoms with E-state index in [4.69, 9.17) is 4.52 Å². The van der Waals surface area contributed by atoms with E-state index in [9.17, 15) is 9.59 Å². The standard InChI is InChI=1S/C7H12N2O3/c1-7(2,3)9-5(10)8(4)6(11)12-9/h1-4H3. The second-order valence-electron chi connectivity index (χ2n) is 3.66. The molecule has 1 aromatic rings. The largest absolute Gasteiger partial charge is 0.442 e. The molecule has 0 aromatic carbocycles. The molecule has 0 aliphatic carbocycles. The highest BCUT2D eigenvalue weighted by Crippen LogP contribution is 2.08. The van der Waals surface area contributed by atoms with Gasteiger partial charge in [0.05, 0.1) is 5.54 Å². The number of nitrogens with zero attached hydrogens (tertiary/aromatic N) is 2. The van der Waals surface area contributed by atoms with E-state index in [1.807, 2.05) is 0 Å². The van der Waals surface area contributed by atoms with Crippen LogP contribution in [0.5, 0.6) is 0 Å². The second-order valence-corrected chi connectivity index (χ2v) is 3.66. The Kier molecular flexibility index (Phi) is 1.74. The fourth-order valence-corrected chi connectivity index (χ4v) is 0.817. The van der Waals surface area contributed by atoms with Crippen molar-refractivity contribution in [1.82, 2.24) is 9.31 Å². The van der Waals surface area contributed by atoms with E-state index in [0.717, 1.165) is 9.31 Å². The van der Waals surface area contributed by atoms with Crippen molar-refractivity contribution in [3.63, 3.8) is 0 Å². The van der Waals surface area contributed by atoms with Crippen LogP contribution in [0, 0.1) is 0 Å². The molecule has 0 aliphatic heterocycles. The molecule has 0 spiro atoms. The Morgan fingerprint density at radius 2 is 1.75 bits per heavy atom. The quantitative estimate of drug-likeness (QED) is 0.549. The number of rotatable bonds is 0. The maximum absolute atomic E-state index is 11.3. The summed E-state index contributed by atoms with van der Waals surface area (Å²) in [7, 11) is 1.39. The van der Waals surface area contributed by atoms with Gasteiger partial charge < -0.3 is 4.52 Å². The molecular weight excluding hydrogens is 160 g/mol. The van der Waals surface area contributed by atoms with Crippen LogP contribution in [0.4, 0.5) is 0 Å². The first-order valence-electron chi connectivity index (χ1n) is 3.64. The molecule has 0 aliphatic rings. The normalized spacial score (nSPS) is 12.0. The summed E-state index contributed by atoms with van der Waals surface area (Å²) < 4.78 is 6.72. The molecule has 0 saturated carbocycles. The van der Waals surface area contributed by atoms with Gasteiger partial charge in [-0.1, -0.05) is 0 Å². The second kappa shape index (κ2) is 2.36. The van der Waals surface area contributed by atoms with Gasteiger partial charge in [0.2, 0.25) is 0 Å². The van der Waals surface area contributed by atoms with Crippen molar-refractivity contribution in [3.8, 4) is 0 Å². The molecule has 0 bridgehead atoms. The van der Waals surface area contributed by atoms with Crippen LogP contribution in [0.1, 0.15) is 20.8 Å². The van der Waals surface area contributed by atoms with Crippen LogP contribution in [0.25, 0.3) is 0 Å². The van der Waals surface area contributed by atoms with Crippen LogP contribution in [0.15, 0.2) is 14.1 Å². The summed E-state index contributed by atoms with van der Waals surface area (Å²) in [6.07, 6.45) is 0. The highest BCUT2D eigenvalue weighted by atomic mass is 16.5. The van der Waals surface area contributed by atoms with Gasteiger partial charge in [-0.3, -0.25) is 0 Å². The predicted molar refractivity (Wildman–Crippen MR) is 43.2 cm³/mol. The van der Waals surface area contributed by atoms with Gasteiger partial charge in [0.15, 0.2) is 0 Å². The molecule has 0 N–H and O–H groups in total. The Bertz CT molecular complexity index is 388. The van der Waals surface area contributed by atoms with Crippen LogP contribution in [0.3, 0.4) is 0 Å². The van der Waals surface area contributed by atoms with E-state index in [0.29, 0.717) is 0 Å². The molecule has 1 heterocycles. The highest BCUT2D eigenvalue weighted by Gasteiger charge is 2.20. The van der Waals surface area contributed by atoms with Crippen molar-refractivity contribution < 1.29 is 4.52 Å². The van der Waals surface area contributed by atoms with Crippen molar-refractivity contribution >= 4 is 0 Å². The molecule has 1 aromatic heterocycles. The minimum atomic E-state index is -0.630. The Morgan fingerprint density at radius 1 is 1.25 bits per heavy atom. The van der Waals surface area contributed by atoms with Crippen LogP contribution < -0.4 is 11.4 Å². The first kappa shape index (κ1) is 8.83. The summed E-state index contributed by atoms with van der Waals surface area (Å²) in [6.45, 7) is 5.37. The zero-order valence-electron chi connectivity index (χ0n) is 7.62. The summed E-state index contributed by atoms with van der Waals surface area (Å²) in [5.41, 5.74) is -0.912.